The summed E-state index contributed by atoms with van der Waals surface area (Å²) >= 11 is 0. The standard InChI is InChI=1S/C12H18N4O3/c1-8(7-13)14-10-5-4-9(12(17)15(2)3)6-11(10)16(18)19/h4-6,8,14H,7,13H2,1-3H3. The van der Waals surface area contributed by atoms with E-state index in [9.17, 15) is 14.9 Å². The summed E-state index contributed by atoms with van der Waals surface area (Å²) in [5, 5.41) is 14.0. The van der Waals surface area contributed by atoms with Crippen LogP contribution in [0.25, 0.3) is 0 Å². The van der Waals surface area contributed by atoms with E-state index in [-0.39, 0.29) is 23.2 Å². The van der Waals surface area contributed by atoms with Crippen LogP contribution >= 0.6 is 0 Å². The van der Waals surface area contributed by atoms with Gasteiger partial charge >= 0.3 is 0 Å². The zero-order chi connectivity index (χ0) is 14.6. The Hall–Kier alpha value is -2.15. The van der Waals surface area contributed by atoms with E-state index in [1.54, 1.807) is 20.2 Å². The maximum Gasteiger partial charge on any atom is 0.293 e. The van der Waals surface area contributed by atoms with E-state index in [0.29, 0.717) is 12.2 Å². The number of hydrogen-bond acceptors (Lipinski definition) is 5. The van der Waals surface area contributed by atoms with Crippen LogP contribution in [0.3, 0.4) is 0 Å². The van der Waals surface area contributed by atoms with Gasteiger partial charge in [-0.2, -0.15) is 0 Å². The van der Waals surface area contributed by atoms with E-state index >= 15 is 0 Å². The number of nitro benzene ring substituents is 1. The molecule has 0 saturated heterocycles. The molecule has 0 aliphatic heterocycles. The fraction of sp³-hybridized carbons (Fsp3) is 0.417. The molecular formula is C12H18N4O3. The van der Waals surface area contributed by atoms with E-state index < -0.39 is 4.92 Å². The summed E-state index contributed by atoms with van der Waals surface area (Å²) in [6.07, 6.45) is 0. The van der Waals surface area contributed by atoms with Crippen molar-refractivity contribution in [3.8, 4) is 0 Å². The molecule has 7 heteroatoms. The van der Waals surface area contributed by atoms with Crippen molar-refractivity contribution < 1.29 is 9.72 Å². The number of nitrogens with two attached hydrogens (primary N) is 1. The van der Waals surface area contributed by atoms with E-state index in [1.165, 1.54) is 17.0 Å². The first kappa shape index (κ1) is 14.9. The molecule has 0 fully saturated rings. The minimum Gasteiger partial charge on any atom is -0.376 e. The van der Waals surface area contributed by atoms with Gasteiger partial charge in [-0.1, -0.05) is 0 Å². The van der Waals surface area contributed by atoms with Gasteiger partial charge in [-0.15, -0.1) is 0 Å². The summed E-state index contributed by atoms with van der Waals surface area (Å²) in [6.45, 7) is 2.18. The van der Waals surface area contributed by atoms with Crippen LogP contribution in [-0.4, -0.2) is 42.4 Å². The maximum atomic E-state index is 11.8. The van der Waals surface area contributed by atoms with E-state index in [4.69, 9.17) is 5.73 Å². The van der Waals surface area contributed by atoms with Crippen molar-refractivity contribution in [1.29, 1.82) is 0 Å². The Morgan fingerprint density at radius 1 is 1.53 bits per heavy atom. The first-order valence-corrected chi connectivity index (χ1v) is 5.83. The van der Waals surface area contributed by atoms with Crippen molar-refractivity contribution in [3.05, 3.63) is 33.9 Å². The number of carbonyl (C=O) groups is 1. The van der Waals surface area contributed by atoms with Crippen LogP contribution in [0.5, 0.6) is 0 Å². The predicted octanol–water partition coefficient (Wildman–Crippen LogP) is 1.06. The minimum absolute atomic E-state index is 0.0888. The summed E-state index contributed by atoms with van der Waals surface area (Å²) in [4.78, 5) is 23.7. The summed E-state index contributed by atoms with van der Waals surface area (Å²) in [6, 6.07) is 4.27. The lowest BCUT2D eigenvalue weighted by molar-refractivity contribution is -0.384. The van der Waals surface area contributed by atoms with Crippen LogP contribution in [0.1, 0.15) is 17.3 Å². The van der Waals surface area contributed by atoms with Gasteiger partial charge < -0.3 is 16.0 Å². The summed E-state index contributed by atoms with van der Waals surface area (Å²) in [5.41, 5.74) is 5.98. The van der Waals surface area contributed by atoms with Crippen LogP contribution in [0.15, 0.2) is 18.2 Å². The Morgan fingerprint density at radius 3 is 2.63 bits per heavy atom. The summed E-state index contributed by atoms with van der Waals surface area (Å²) in [5.74, 6) is -0.276. The third kappa shape index (κ3) is 3.65. The predicted molar refractivity (Wildman–Crippen MR) is 73.3 cm³/mol. The average Bonchev–Trinajstić information content (AvgIpc) is 2.37. The maximum absolute atomic E-state index is 11.8. The summed E-state index contributed by atoms with van der Waals surface area (Å²) in [7, 11) is 3.19. The lowest BCUT2D eigenvalue weighted by Crippen LogP contribution is -2.26. The Bertz CT molecular complexity index is 488. The zero-order valence-electron chi connectivity index (χ0n) is 11.2. The van der Waals surface area contributed by atoms with Crippen LogP contribution in [0, 0.1) is 10.1 Å². The van der Waals surface area contributed by atoms with Gasteiger partial charge in [-0.3, -0.25) is 14.9 Å². The largest absolute Gasteiger partial charge is 0.376 e. The SMILES string of the molecule is CC(CN)Nc1ccc(C(=O)N(C)C)cc1[N+](=O)[O-]. The number of nitro groups is 1. The average molecular weight is 266 g/mol. The van der Waals surface area contributed by atoms with Gasteiger partial charge in [-0.05, 0) is 19.1 Å². The molecule has 0 aliphatic carbocycles. The number of benzene rings is 1. The highest BCUT2D eigenvalue weighted by molar-refractivity contribution is 5.95. The molecule has 104 valence electrons. The number of nitrogens with one attached hydrogen (secondary N) is 1. The molecule has 7 nitrogen and oxygen atoms in total. The second kappa shape index (κ2) is 6.14. The number of nitrogens with zero attached hydrogens (tertiary/aromatic N) is 2. The first-order valence-electron chi connectivity index (χ1n) is 5.83. The molecule has 0 heterocycles. The molecule has 1 atom stereocenters. The second-order valence-corrected chi connectivity index (χ2v) is 4.47. The molecule has 1 aromatic rings. The Kier molecular flexibility index (Phi) is 4.82. The second-order valence-electron chi connectivity index (χ2n) is 4.47. The fourth-order valence-corrected chi connectivity index (χ4v) is 1.52. The zero-order valence-corrected chi connectivity index (χ0v) is 11.2. The van der Waals surface area contributed by atoms with Crippen LogP contribution < -0.4 is 11.1 Å². The van der Waals surface area contributed by atoms with Crippen molar-refractivity contribution in [3.63, 3.8) is 0 Å². The van der Waals surface area contributed by atoms with Crippen LogP contribution in [-0.2, 0) is 0 Å². The lowest BCUT2D eigenvalue weighted by atomic mass is 10.1. The van der Waals surface area contributed by atoms with E-state index in [2.05, 4.69) is 5.32 Å². The number of rotatable bonds is 5. The highest BCUT2D eigenvalue weighted by Gasteiger charge is 2.19. The Morgan fingerprint density at radius 2 is 2.16 bits per heavy atom. The van der Waals surface area contributed by atoms with Gasteiger partial charge in [0.25, 0.3) is 11.6 Å². The molecule has 0 bridgehead atoms. The molecule has 1 unspecified atom stereocenters. The summed E-state index contributed by atoms with van der Waals surface area (Å²) < 4.78 is 0. The van der Waals surface area contributed by atoms with Gasteiger partial charge in [0, 0.05) is 38.3 Å². The third-order valence-corrected chi connectivity index (χ3v) is 2.60. The smallest absolute Gasteiger partial charge is 0.293 e. The highest BCUT2D eigenvalue weighted by atomic mass is 16.6. The molecule has 0 aromatic heterocycles. The monoisotopic (exact) mass is 266 g/mol. The normalized spacial score (nSPS) is 11.8. The first-order chi connectivity index (χ1) is 8.86. The minimum atomic E-state index is -0.516. The lowest BCUT2D eigenvalue weighted by Gasteiger charge is -2.14. The van der Waals surface area contributed by atoms with Crippen molar-refractivity contribution in [2.24, 2.45) is 5.73 Å². The molecule has 0 spiro atoms. The highest BCUT2D eigenvalue weighted by Crippen LogP contribution is 2.26. The van der Waals surface area contributed by atoms with Crippen LogP contribution in [0.2, 0.25) is 0 Å². The third-order valence-electron chi connectivity index (χ3n) is 2.60. The molecular weight excluding hydrogens is 248 g/mol. The molecule has 1 rings (SSSR count). The molecule has 0 radical (unpaired) electrons. The topological polar surface area (TPSA) is 102 Å². The van der Waals surface area contributed by atoms with E-state index in [1.807, 2.05) is 6.92 Å². The molecule has 1 amide bonds. The molecule has 1 aromatic carbocycles. The molecule has 19 heavy (non-hydrogen) atoms. The quantitative estimate of drug-likeness (QED) is 0.612. The van der Waals surface area contributed by atoms with Crippen molar-refractivity contribution >= 4 is 17.3 Å². The van der Waals surface area contributed by atoms with Crippen LogP contribution in [0.4, 0.5) is 11.4 Å². The van der Waals surface area contributed by atoms with Crippen molar-refractivity contribution in [2.75, 3.05) is 26.0 Å². The fourth-order valence-electron chi connectivity index (χ4n) is 1.52. The molecule has 3 N–H and O–H groups in total. The number of anilines is 1. The van der Waals surface area contributed by atoms with Gasteiger partial charge in [0.1, 0.15) is 5.69 Å². The Balaban J connectivity index is 3.15. The van der Waals surface area contributed by atoms with Gasteiger partial charge in [0.2, 0.25) is 0 Å². The van der Waals surface area contributed by atoms with E-state index in [0.717, 1.165) is 0 Å². The van der Waals surface area contributed by atoms with Crippen molar-refractivity contribution in [2.45, 2.75) is 13.0 Å². The number of amides is 1. The van der Waals surface area contributed by atoms with Gasteiger partial charge in [0.15, 0.2) is 0 Å². The van der Waals surface area contributed by atoms with Crippen molar-refractivity contribution in [1.82, 2.24) is 4.90 Å². The molecule has 0 aliphatic rings. The molecule has 0 saturated carbocycles. The van der Waals surface area contributed by atoms with Gasteiger partial charge in [-0.25, -0.2) is 0 Å². The number of hydrogen-bond donors (Lipinski definition) is 2. The Labute approximate surface area is 111 Å². The van der Waals surface area contributed by atoms with Gasteiger partial charge in [0.05, 0.1) is 4.92 Å². The number of carbonyl (C=O) groups excluding carboxylic acids is 1.